The molecule has 0 spiro atoms. The number of aliphatic carboxylic acids is 1. The van der Waals surface area contributed by atoms with Gasteiger partial charge in [-0.25, -0.2) is 4.79 Å². The summed E-state index contributed by atoms with van der Waals surface area (Å²) in [4.78, 5) is 24.5. The zero-order valence-corrected chi connectivity index (χ0v) is 12.5. The van der Waals surface area contributed by atoms with Crippen LogP contribution in [0.4, 0.5) is 0 Å². The first-order valence-corrected chi connectivity index (χ1v) is 7.95. The van der Waals surface area contributed by atoms with Crippen LogP contribution in [0.2, 0.25) is 5.02 Å². The van der Waals surface area contributed by atoms with Crippen molar-refractivity contribution in [3.8, 4) is 0 Å². The van der Waals surface area contributed by atoms with Crippen LogP contribution >= 0.6 is 23.4 Å². The highest BCUT2D eigenvalue weighted by molar-refractivity contribution is 7.99. The van der Waals surface area contributed by atoms with Gasteiger partial charge in [0.25, 0.3) is 0 Å². The predicted molar refractivity (Wildman–Crippen MR) is 80.0 cm³/mol. The van der Waals surface area contributed by atoms with E-state index in [4.69, 9.17) is 16.7 Å². The topological polar surface area (TPSA) is 57.6 Å². The molecule has 1 aliphatic heterocycles. The first-order valence-electron chi connectivity index (χ1n) is 6.42. The summed E-state index contributed by atoms with van der Waals surface area (Å²) in [6.07, 6.45) is 1.32. The Kier molecular flexibility index (Phi) is 5.31. The number of carbonyl (C=O) groups excluding carboxylic acids is 1. The van der Waals surface area contributed by atoms with Crippen LogP contribution in [0.25, 0.3) is 0 Å². The van der Waals surface area contributed by atoms with Crippen LogP contribution in [0.15, 0.2) is 24.3 Å². The maximum atomic E-state index is 12.0. The lowest BCUT2D eigenvalue weighted by molar-refractivity contribution is -0.147. The summed E-state index contributed by atoms with van der Waals surface area (Å²) in [6.45, 7) is 0.549. The summed E-state index contributed by atoms with van der Waals surface area (Å²) in [6, 6.07) is 6.87. The summed E-state index contributed by atoms with van der Waals surface area (Å²) >= 11 is 7.38. The lowest BCUT2D eigenvalue weighted by Gasteiger charge is -2.21. The van der Waals surface area contributed by atoms with E-state index in [0.29, 0.717) is 29.5 Å². The molecule has 1 fully saturated rings. The minimum absolute atomic E-state index is 0.0954. The van der Waals surface area contributed by atoms with E-state index in [2.05, 4.69) is 0 Å². The number of amides is 1. The molecule has 2 rings (SSSR count). The number of hydrogen-bond donors (Lipinski definition) is 1. The summed E-state index contributed by atoms with van der Waals surface area (Å²) in [5.41, 5.74) is 1.06. The Bertz CT molecular complexity index is 509. The van der Waals surface area contributed by atoms with Gasteiger partial charge in [-0.1, -0.05) is 23.7 Å². The van der Waals surface area contributed by atoms with E-state index in [1.807, 2.05) is 24.3 Å². The van der Waals surface area contributed by atoms with Gasteiger partial charge in [-0.2, -0.15) is 0 Å². The van der Waals surface area contributed by atoms with Crippen molar-refractivity contribution >= 4 is 35.2 Å². The Morgan fingerprint density at radius 3 is 2.95 bits per heavy atom. The van der Waals surface area contributed by atoms with Gasteiger partial charge in [0.05, 0.1) is 5.75 Å². The number of benzene rings is 1. The number of nitrogens with zero attached hydrogens (tertiary/aromatic N) is 1. The van der Waals surface area contributed by atoms with Crippen molar-refractivity contribution < 1.29 is 14.7 Å². The van der Waals surface area contributed by atoms with Crippen LogP contribution in [0.3, 0.4) is 0 Å². The third kappa shape index (κ3) is 3.90. The smallest absolute Gasteiger partial charge is 0.326 e. The highest BCUT2D eigenvalue weighted by Crippen LogP contribution is 2.21. The average Bonchev–Trinajstić information content (AvgIpc) is 2.88. The molecule has 0 bridgehead atoms. The molecule has 0 radical (unpaired) electrons. The third-order valence-electron chi connectivity index (χ3n) is 3.24. The Morgan fingerprint density at radius 2 is 2.25 bits per heavy atom. The number of rotatable bonds is 5. The molecular formula is C14H16ClNO3S. The fraction of sp³-hybridized carbons (Fsp3) is 0.429. The number of hydrogen-bond acceptors (Lipinski definition) is 3. The van der Waals surface area contributed by atoms with Gasteiger partial charge in [-0.05, 0) is 30.5 Å². The van der Waals surface area contributed by atoms with Crippen molar-refractivity contribution in [1.82, 2.24) is 4.90 Å². The fourth-order valence-corrected chi connectivity index (χ4v) is 3.36. The van der Waals surface area contributed by atoms with Crippen LogP contribution < -0.4 is 0 Å². The van der Waals surface area contributed by atoms with Crippen LogP contribution in [-0.4, -0.2) is 40.2 Å². The largest absolute Gasteiger partial charge is 0.480 e. The van der Waals surface area contributed by atoms with Gasteiger partial charge in [0, 0.05) is 17.3 Å². The van der Waals surface area contributed by atoms with Gasteiger partial charge < -0.3 is 10.0 Å². The first-order chi connectivity index (χ1) is 9.58. The molecule has 0 aliphatic carbocycles. The zero-order valence-electron chi connectivity index (χ0n) is 10.9. The van der Waals surface area contributed by atoms with E-state index in [-0.39, 0.29) is 5.91 Å². The minimum atomic E-state index is -0.907. The van der Waals surface area contributed by atoms with Crippen molar-refractivity contribution in [1.29, 1.82) is 0 Å². The molecule has 20 heavy (non-hydrogen) atoms. The van der Waals surface area contributed by atoms with E-state index >= 15 is 0 Å². The molecule has 1 heterocycles. The highest BCUT2D eigenvalue weighted by Gasteiger charge is 2.33. The van der Waals surface area contributed by atoms with Crippen LogP contribution in [0, 0.1) is 0 Å². The van der Waals surface area contributed by atoms with Gasteiger partial charge >= 0.3 is 5.97 Å². The molecule has 1 saturated heterocycles. The molecular weight excluding hydrogens is 298 g/mol. The van der Waals surface area contributed by atoms with E-state index in [1.165, 1.54) is 16.7 Å². The lowest BCUT2D eigenvalue weighted by Crippen LogP contribution is -2.41. The number of carboxylic acid groups (broad SMARTS) is 1. The van der Waals surface area contributed by atoms with E-state index in [9.17, 15) is 9.59 Å². The standard InChI is InChI=1S/C14H16ClNO3S/c15-11-4-1-3-10(7-11)8-20-9-13(17)16-6-2-5-12(16)14(18)19/h1,3-4,7,12H,2,5-6,8-9H2,(H,18,19)/t12-/m1/s1. The van der Waals surface area contributed by atoms with Crippen molar-refractivity contribution in [2.75, 3.05) is 12.3 Å². The number of carbonyl (C=O) groups is 2. The molecule has 1 amide bonds. The Hall–Kier alpha value is -1.20. The molecule has 1 aromatic rings. The van der Waals surface area contributed by atoms with E-state index in [1.54, 1.807) is 0 Å². The van der Waals surface area contributed by atoms with Crippen molar-refractivity contribution in [3.63, 3.8) is 0 Å². The van der Waals surface area contributed by atoms with Gasteiger partial charge in [0.2, 0.25) is 5.91 Å². The lowest BCUT2D eigenvalue weighted by atomic mass is 10.2. The molecule has 108 valence electrons. The van der Waals surface area contributed by atoms with Gasteiger partial charge in [0.1, 0.15) is 6.04 Å². The molecule has 1 aliphatic rings. The summed E-state index contributed by atoms with van der Waals surface area (Å²) in [7, 11) is 0. The highest BCUT2D eigenvalue weighted by atomic mass is 35.5. The first kappa shape index (κ1) is 15.2. The molecule has 0 saturated carbocycles. The minimum Gasteiger partial charge on any atom is -0.480 e. The van der Waals surface area contributed by atoms with E-state index in [0.717, 1.165) is 12.0 Å². The van der Waals surface area contributed by atoms with Crippen LogP contribution in [-0.2, 0) is 15.3 Å². The van der Waals surface area contributed by atoms with Gasteiger partial charge in [-0.15, -0.1) is 11.8 Å². The quantitative estimate of drug-likeness (QED) is 0.908. The number of halogens is 1. The summed E-state index contributed by atoms with van der Waals surface area (Å²) < 4.78 is 0. The third-order valence-corrected chi connectivity index (χ3v) is 4.47. The Morgan fingerprint density at radius 1 is 1.45 bits per heavy atom. The van der Waals surface area contributed by atoms with E-state index < -0.39 is 12.0 Å². The maximum absolute atomic E-state index is 12.0. The van der Waals surface area contributed by atoms with Gasteiger partial charge in [0.15, 0.2) is 0 Å². The predicted octanol–water partition coefficient (Wildman–Crippen LogP) is 2.65. The second-order valence-corrected chi connectivity index (χ2v) is 6.13. The number of carboxylic acids is 1. The molecule has 1 aromatic carbocycles. The Labute approximate surface area is 127 Å². The Balaban J connectivity index is 1.82. The zero-order chi connectivity index (χ0) is 14.5. The SMILES string of the molecule is O=C(O)[C@H]1CCCN1C(=O)CSCc1cccc(Cl)c1. The summed E-state index contributed by atoms with van der Waals surface area (Å²) in [5.74, 6) is -0.00799. The normalized spacial score (nSPS) is 18.2. The number of thioether (sulfide) groups is 1. The summed E-state index contributed by atoms with van der Waals surface area (Å²) in [5, 5.41) is 9.73. The molecule has 6 heteroatoms. The van der Waals surface area contributed by atoms with Gasteiger partial charge in [-0.3, -0.25) is 4.79 Å². The second-order valence-electron chi connectivity index (χ2n) is 4.71. The molecule has 0 unspecified atom stereocenters. The van der Waals surface area contributed by atoms with Crippen LogP contribution in [0.1, 0.15) is 18.4 Å². The molecule has 1 atom stereocenters. The van der Waals surface area contributed by atoms with Crippen molar-refractivity contribution in [2.24, 2.45) is 0 Å². The maximum Gasteiger partial charge on any atom is 0.326 e. The molecule has 0 aromatic heterocycles. The molecule has 1 N–H and O–H groups in total. The van der Waals surface area contributed by atoms with Crippen molar-refractivity contribution in [3.05, 3.63) is 34.9 Å². The van der Waals surface area contributed by atoms with Crippen LogP contribution in [0.5, 0.6) is 0 Å². The number of likely N-dealkylation sites (tertiary alicyclic amines) is 1. The molecule has 4 nitrogen and oxygen atoms in total. The average molecular weight is 314 g/mol. The fourth-order valence-electron chi connectivity index (χ4n) is 2.29. The monoisotopic (exact) mass is 313 g/mol. The second kappa shape index (κ2) is 6.99. The van der Waals surface area contributed by atoms with Crippen molar-refractivity contribution in [2.45, 2.75) is 24.6 Å².